The van der Waals surface area contributed by atoms with Gasteiger partial charge in [-0.3, -0.25) is 34.1 Å². The highest BCUT2D eigenvalue weighted by Gasteiger charge is 2.34. The first kappa shape index (κ1) is 25.4. The van der Waals surface area contributed by atoms with Crippen molar-refractivity contribution >= 4 is 46.4 Å². The first-order chi connectivity index (χ1) is 17.7. The number of imide groups is 1. The van der Waals surface area contributed by atoms with Crippen molar-refractivity contribution < 1.29 is 19.3 Å². The number of carbonyl (C=O) groups excluding carboxylic acids is 3. The summed E-state index contributed by atoms with van der Waals surface area (Å²) < 4.78 is 3.06. The highest BCUT2D eigenvalue weighted by molar-refractivity contribution is 8.18. The van der Waals surface area contributed by atoms with Crippen LogP contribution in [0.3, 0.4) is 0 Å². The van der Waals surface area contributed by atoms with Crippen LogP contribution >= 0.6 is 11.8 Å². The second-order valence-electron chi connectivity index (χ2n) is 8.00. The molecule has 1 aliphatic heterocycles. The molecule has 2 aromatic carbocycles. The number of non-ortho nitro benzene ring substituents is 1. The quantitative estimate of drug-likeness (QED) is 0.275. The van der Waals surface area contributed by atoms with Gasteiger partial charge in [0.25, 0.3) is 22.4 Å². The highest BCUT2D eigenvalue weighted by atomic mass is 32.2. The summed E-state index contributed by atoms with van der Waals surface area (Å²) in [6.45, 7) is 1.60. The molecule has 190 valence electrons. The normalized spacial score (nSPS) is 14.3. The molecule has 1 aromatic heterocycles. The van der Waals surface area contributed by atoms with Crippen molar-refractivity contribution in [2.24, 2.45) is 7.05 Å². The molecule has 0 radical (unpaired) electrons. The number of carbonyl (C=O) groups is 3. The maximum atomic E-state index is 12.9. The standard InChI is InChI=1S/C24H22N6O6S/c1-15-20(22(32)29(27(15)2)17-6-4-3-5-7-17)26-23(33)25-12-13-28-21(31)19(37-24(28)34)14-16-8-10-18(11-9-16)30(35)36/h3-11,14H,12-13H2,1-2H3,(H2,25,26,33)/b19-14-. The number of anilines is 1. The van der Waals surface area contributed by atoms with Crippen molar-refractivity contribution in [1.82, 2.24) is 19.6 Å². The van der Waals surface area contributed by atoms with Gasteiger partial charge in [-0.25, -0.2) is 9.48 Å². The molecule has 1 aliphatic rings. The van der Waals surface area contributed by atoms with E-state index in [0.29, 0.717) is 16.9 Å². The van der Waals surface area contributed by atoms with E-state index < -0.39 is 27.7 Å². The van der Waals surface area contributed by atoms with Crippen LogP contribution in [0.1, 0.15) is 11.3 Å². The van der Waals surface area contributed by atoms with Crippen LogP contribution < -0.4 is 16.2 Å². The van der Waals surface area contributed by atoms with Crippen LogP contribution in [0.15, 0.2) is 64.3 Å². The number of amides is 4. The Kier molecular flexibility index (Phi) is 7.25. The van der Waals surface area contributed by atoms with E-state index >= 15 is 0 Å². The van der Waals surface area contributed by atoms with Crippen molar-refractivity contribution in [3.8, 4) is 5.69 Å². The first-order valence-corrected chi connectivity index (χ1v) is 11.9. The van der Waals surface area contributed by atoms with Gasteiger partial charge in [0.15, 0.2) is 0 Å². The average molecular weight is 523 g/mol. The van der Waals surface area contributed by atoms with E-state index in [4.69, 9.17) is 0 Å². The van der Waals surface area contributed by atoms with Crippen LogP contribution in [-0.4, -0.2) is 49.5 Å². The van der Waals surface area contributed by atoms with Gasteiger partial charge in [-0.2, -0.15) is 0 Å². The van der Waals surface area contributed by atoms with Gasteiger partial charge in [-0.15, -0.1) is 0 Å². The van der Waals surface area contributed by atoms with Crippen LogP contribution in [0, 0.1) is 17.0 Å². The van der Waals surface area contributed by atoms with Crippen LogP contribution in [0.2, 0.25) is 0 Å². The monoisotopic (exact) mass is 522 g/mol. The molecule has 37 heavy (non-hydrogen) atoms. The van der Waals surface area contributed by atoms with Crippen molar-refractivity contribution in [3.63, 3.8) is 0 Å². The van der Waals surface area contributed by atoms with E-state index in [1.165, 1.54) is 35.0 Å². The molecule has 4 rings (SSSR count). The van der Waals surface area contributed by atoms with E-state index in [0.717, 1.165) is 16.7 Å². The zero-order chi connectivity index (χ0) is 26.7. The Balaban J connectivity index is 1.36. The lowest BCUT2D eigenvalue weighted by Gasteiger charge is -2.13. The lowest BCUT2D eigenvalue weighted by Crippen LogP contribution is -2.39. The molecule has 3 aromatic rings. The first-order valence-electron chi connectivity index (χ1n) is 11.1. The largest absolute Gasteiger partial charge is 0.336 e. The summed E-state index contributed by atoms with van der Waals surface area (Å²) in [4.78, 5) is 61.8. The second kappa shape index (κ2) is 10.5. The van der Waals surface area contributed by atoms with Gasteiger partial charge in [0, 0.05) is 32.3 Å². The van der Waals surface area contributed by atoms with Crippen molar-refractivity contribution in [2.75, 3.05) is 18.4 Å². The zero-order valence-electron chi connectivity index (χ0n) is 19.8. The van der Waals surface area contributed by atoms with E-state index in [9.17, 15) is 29.3 Å². The molecule has 0 saturated carbocycles. The van der Waals surface area contributed by atoms with Crippen LogP contribution in [0.5, 0.6) is 0 Å². The molecule has 0 aliphatic carbocycles. The number of nitro benzene ring substituents is 1. The van der Waals surface area contributed by atoms with Gasteiger partial charge in [0.2, 0.25) is 0 Å². The number of para-hydroxylation sites is 1. The third-order valence-corrected chi connectivity index (χ3v) is 6.60. The fraction of sp³-hybridized carbons (Fsp3) is 0.167. The van der Waals surface area contributed by atoms with Crippen molar-refractivity contribution in [1.29, 1.82) is 0 Å². The molecule has 2 N–H and O–H groups in total. The molecule has 4 amide bonds. The molecular formula is C24H22N6O6S. The predicted octanol–water partition coefficient (Wildman–Crippen LogP) is 3.25. The van der Waals surface area contributed by atoms with Crippen molar-refractivity contribution in [3.05, 3.63) is 91.2 Å². The Morgan fingerprint density at radius 1 is 1.08 bits per heavy atom. The lowest BCUT2D eigenvalue weighted by atomic mass is 10.2. The summed E-state index contributed by atoms with van der Waals surface area (Å²) in [5.74, 6) is -0.528. The number of rotatable bonds is 7. The van der Waals surface area contributed by atoms with Crippen molar-refractivity contribution in [2.45, 2.75) is 6.92 Å². The van der Waals surface area contributed by atoms with Gasteiger partial charge in [-0.1, -0.05) is 18.2 Å². The molecule has 1 saturated heterocycles. The Morgan fingerprint density at radius 2 is 1.76 bits per heavy atom. The van der Waals surface area contributed by atoms with Gasteiger partial charge in [-0.05, 0) is 54.6 Å². The molecule has 2 heterocycles. The highest BCUT2D eigenvalue weighted by Crippen LogP contribution is 2.32. The van der Waals surface area contributed by atoms with E-state index in [2.05, 4.69) is 10.6 Å². The number of benzene rings is 2. The summed E-state index contributed by atoms with van der Waals surface area (Å²) in [6, 6.07) is 13.9. The molecule has 1 fully saturated rings. The number of nitrogens with zero attached hydrogens (tertiary/aromatic N) is 4. The molecule has 13 heteroatoms. The molecule has 12 nitrogen and oxygen atoms in total. The molecule has 0 unspecified atom stereocenters. The fourth-order valence-corrected chi connectivity index (χ4v) is 4.55. The van der Waals surface area contributed by atoms with Gasteiger partial charge < -0.3 is 10.6 Å². The zero-order valence-corrected chi connectivity index (χ0v) is 20.7. The van der Waals surface area contributed by atoms with E-state index in [1.807, 2.05) is 6.07 Å². The van der Waals surface area contributed by atoms with Gasteiger partial charge >= 0.3 is 6.03 Å². The third-order valence-electron chi connectivity index (χ3n) is 5.69. The molecular weight excluding hydrogens is 500 g/mol. The number of hydrogen-bond acceptors (Lipinski definition) is 7. The Morgan fingerprint density at radius 3 is 2.41 bits per heavy atom. The summed E-state index contributed by atoms with van der Waals surface area (Å²) in [5.41, 5.74) is 1.36. The van der Waals surface area contributed by atoms with E-state index in [1.54, 1.807) is 42.9 Å². The number of urea groups is 1. The Labute approximate surface area is 214 Å². The second-order valence-corrected chi connectivity index (χ2v) is 8.99. The predicted molar refractivity (Wildman–Crippen MR) is 139 cm³/mol. The summed E-state index contributed by atoms with van der Waals surface area (Å²) in [6.07, 6.45) is 1.48. The minimum absolute atomic E-state index is 0.0343. The van der Waals surface area contributed by atoms with Crippen LogP contribution in [0.25, 0.3) is 11.8 Å². The number of nitrogens with one attached hydrogen (secondary N) is 2. The molecule has 0 spiro atoms. The third kappa shape index (κ3) is 5.30. The number of hydrogen-bond donors (Lipinski definition) is 2. The number of nitro groups is 1. The topological polar surface area (TPSA) is 149 Å². The van der Waals surface area contributed by atoms with Gasteiger partial charge in [0.05, 0.1) is 21.2 Å². The molecule has 0 atom stereocenters. The number of aromatic nitrogens is 2. The Bertz CT molecular complexity index is 1480. The Hall–Kier alpha value is -4.65. The SMILES string of the molecule is Cc1c(NC(=O)NCCN2C(=O)S/C(=C\c3ccc([N+](=O)[O-])cc3)C2=O)c(=O)n(-c2ccccc2)n1C. The maximum absolute atomic E-state index is 12.9. The average Bonchev–Trinajstić information content (AvgIpc) is 3.26. The fourth-order valence-electron chi connectivity index (χ4n) is 3.69. The minimum Gasteiger partial charge on any atom is -0.336 e. The van der Waals surface area contributed by atoms with Crippen LogP contribution in [0.4, 0.5) is 21.0 Å². The minimum atomic E-state index is -0.653. The number of thioether (sulfide) groups is 1. The maximum Gasteiger partial charge on any atom is 0.319 e. The summed E-state index contributed by atoms with van der Waals surface area (Å²) in [5, 5.41) is 15.4. The van der Waals surface area contributed by atoms with E-state index in [-0.39, 0.29) is 29.4 Å². The summed E-state index contributed by atoms with van der Waals surface area (Å²) >= 11 is 0.744. The van der Waals surface area contributed by atoms with Gasteiger partial charge in [0.1, 0.15) is 5.69 Å². The van der Waals surface area contributed by atoms with Crippen LogP contribution in [-0.2, 0) is 11.8 Å². The molecule has 0 bridgehead atoms. The summed E-state index contributed by atoms with van der Waals surface area (Å²) in [7, 11) is 1.71. The smallest absolute Gasteiger partial charge is 0.319 e. The lowest BCUT2D eigenvalue weighted by molar-refractivity contribution is -0.384.